The Morgan fingerprint density at radius 1 is 1.11 bits per heavy atom. The Morgan fingerprint density at radius 2 is 1.93 bits per heavy atom. The molecule has 1 unspecified atom stereocenters. The van der Waals surface area contributed by atoms with E-state index < -0.39 is 0 Å². The van der Waals surface area contributed by atoms with Gasteiger partial charge in [-0.15, -0.1) is 0 Å². The van der Waals surface area contributed by atoms with Gasteiger partial charge in [0.15, 0.2) is 0 Å². The third-order valence-corrected chi connectivity index (χ3v) is 5.47. The number of nitrogens with one attached hydrogen (secondary N) is 1. The minimum atomic E-state index is -0.0762. The number of para-hydroxylation sites is 1. The maximum Gasteiger partial charge on any atom is 0.321 e. The summed E-state index contributed by atoms with van der Waals surface area (Å²) >= 11 is 0. The number of nitrogens with zero attached hydrogens (tertiary/aromatic N) is 2. The van der Waals surface area contributed by atoms with E-state index in [-0.39, 0.29) is 12.1 Å². The summed E-state index contributed by atoms with van der Waals surface area (Å²) in [6.45, 7) is 7.16. The van der Waals surface area contributed by atoms with Crippen molar-refractivity contribution in [2.75, 3.05) is 44.6 Å². The van der Waals surface area contributed by atoms with Gasteiger partial charge in [-0.2, -0.15) is 0 Å². The van der Waals surface area contributed by atoms with Gasteiger partial charge in [0.25, 0.3) is 0 Å². The quantitative estimate of drug-likeness (QED) is 0.868. The SMILES string of the molecule is Cc1ccc(-c2ccccc2NC(=O)N2CCCOC(CN3CCCC3)C2)o1. The number of urea groups is 1. The molecule has 2 aromatic rings. The zero-order valence-corrected chi connectivity index (χ0v) is 16.5. The molecule has 2 aliphatic heterocycles. The number of carbonyl (C=O) groups is 1. The van der Waals surface area contributed by atoms with E-state index in [0.717, 1.165) is 48.8 Å². The van der Waals surface area contributed by atoms with Crippen LogP contribution in [0.3, 0.4) is 0 Å². The van der Waals surface area contributed by atoms with Gasteiger partial charge in [0.05, 0.1) is 11.8 Å². The zero-order chi connectivity index (χ0) is 19.3. The van der Waals surface area contributed by atoms with Gasteiger partial charge in [0, 0.05) is 31.8 Å². The Kier molecular flexibility index (Phi) is 5.98. The number of rotatable bonds is 4. The predicted molar refractivity (Wildman–Crippen MR) is 110 cm³/mol. The molecule has 1 aromatic heterocycles. The lowest BCUT2D eigenvalue weighted by molar-refractivity contribution is 0.0355. The molecule has 3 heterocycles. The van der Waals surface area contributed by atoms with Crippen LogP contribution in [-0.4, -0.2) is 61.3 Å². The average Bonchev–Trinajstić information content (AvgIpc) is 3.30. The Morgan fingerprint density at radius 3 is 2.71 bits per heavy atom. The van der Waals surface area contributed by atoms with Crippen molar-refractivity contribution in [3.05, 3.63) is 42.2 Å². The zero-order valence-electron chi connectivity index (χ0n) is 16.5. The molecule has 2 aliphatic rings. The van der Waals surface area contributed by atoms with Crippen molar-refractivity contribution in [2.24, 2.45) is 0 Å². The lowest BCUT2D eigenvalue weighted by Gasteiger charge is -2.27. The molecule has 4 rings (SSSR count). The van der Waals surface area contributed by atoms with Crippen LogP contribution in [-0.2, 0) is 4.74 Å². The Bertz CT molecular complexity index is 798. The molecule has 0 bridgehead atoms. The fraction of sp³-hybridized carbons (Fsp3) is 0.500. The number of benzene rings is 1. The number of hydrogen-bond acceptors (Lipinski definition) is 4. The third kappa shape index (κ3) is 4.56. The summed E-state index contributed by atoms with van der Waals surface area (Å²) in [6, 6.07) is 11.6. The van der Waals surface area contributed by atoms with Crippen LogP contribution in [0.1, 0.15) is 25.0 Å². The highest BCUT2D eigenvalue weighted by Crippen LogP contribution is 2.29. The number of likely N-dealkylation sites (tertiary alicyclic amines) is 1. The van der Waals surface area contributed by atoms with Crippen molar-refractivity contribution in [3.8, 4) is 11.3 Å². The van der Waals surface area contributed by atoms with Crippen LogP contribution in [0.2, 0.25) is 0 Å². The van der Waals surface area contributed by atoms with Gasteiger partial charge in [-0.3, -0.25) is 0 Å². The second-order valence-corrected chi connectivity index (χ2v) is 7.69. The lowest BCUT2D eigenvalue weighted by Crippen LogP contribution is -2.43. The molecule has 1 N–H and O–H groups in total. The van der Waals surface area contributed by atoms with Crippen molar-refractivity contribution in [2.45, 2.75) is 32.3 Å². The van der Waals surface area contributed by atoms with Crippen molar-refractivity contribution in [3.63, 3.8) is 0 Å². The molecule has 28 heavy (non-hydrogen) atoms. The van der Waals surface area contributed by atoms with E-state index in [1.807, 2.05) is 48.2 Å². The van der Waals surface area contributed by atoms with Crippen molar-refractivity contribution < 1.29 is 13.9 Å². The fourth-order valence-electron chi connectivity index (χ4n) is 4.02. The molecule has 1 atom stereocenters. The second-order valence-electron chi connectivity index (χ2n) is 7.69. The van der Waals surface area contributed by atoms with Crippen LogP contribution >= 0.6 is 0 Å². The minimum absolute atomic E-state index is 0.0762. The summed E-state index contributed by atoms with van der Waals surface area (Å²) in [7, 11) is 0. The van der Waals surface area contributed by atoms with Gasteiger partial charge in [0.1, 0.15) is 11.5 Å². The molecule has 2 saturated heterocycles. The summed E-state index contributed by atoms with van der Waals surface area (Å²) in [5.74, 6) is 1.62. The Balaban J connectivity index is 1.44. The number of furan rings is 1. The molecule has 0 saturated carbocycles. The first-order chi connectivity index (χ1) is 13.7. The highest BCUT2D eigenvalue weighted by Gasteiger charge is 2.26. The first-order valence-corrected chi connectivity index (χ1v) is 10.2. The predicted octanol–water partition coefficient (Wildman–Crippen LogP) is 3.97. The second kappa shape index (κ2) is 8.80. The van der Waals surface area contributed by atoms with Gasteiger partial charge in [-0.1, -0.05) is 12.1 Å². The standard InChI is InChI=1S/C22H29N3O3/c1-17-9-10-21(28-17)19-7-2-3-8-20(19)23-22(26)25-13-6-14-27-18(16-25)15-24-11-4-5-12-24/h2-3,7-10,18H,4-6,11-16H2,1H3,(H,23,26). The number of ether oxygens (including phenoxy) is 1. The number of carbonyl (C=O) groups excluding carboxylic acids is 1. The van der Waals surface area contributed by atoms with Gasteiger partial charge >= 0.3 is 6.03 Å². The highest BCUT2D eigenvalue weighted by molar-refractivity contribution is 5.93. The van der Waals surface area contributed by atoms with E-state index in [1.165, 1.54) is 12.8 Å². The average molecular weight is 383 g/mol. The number of aryl methyl sites for hydroxylation is 1. The largest absolute Gasteiger partial charge is 0.461 e. The normalized spacial score (nSPS) is 20.9. The minimum Gasteiger partial charge on any atom is -0.461 e. The van der Waals surface area contributed by atoms with Crippen LogP contribution < -0.4 is 5.32 Å². The molecular formula is C22H29N3O3. The topological polar surface area (TPSA) is 58.0 Å². The third-order valence-electron chi connectivity index (χ3n) is 5.47. The summed E-state index contributed by atoms with van der Waals surface area (Å²) in [5.41, 5.74) is 1.66. The Labute approximate surface area is 166 Å². The van der Waals surface area contributed by atoms with Gasteiger partial charge in [-0.05, 0) is 63.5 Å². The molecule has 0 aliphatic carbocycles. The maximum atomic E-state index is 13.0. The van der Waals surface area contributed by atoms with E-state index in [4.69, 9.17) is 9.15 Å². The first kappa shape index (κ1) is 19.0. The van der Waals surface area contributed by atoms with Gasteiger partial charge < -0.3 is 24.3 Å². The number of amides is 2. The molecule has 6 heteroatoms. The summed E-state index contributed by atoms with van der Waals surface area (Å²) in [6.07, 6.45) is 3.47. The molecule has 150 valence electrons. The fourth-order valence-corrected chi connectivity index (χ4v) is 4.02. The van der Waals surface area contributed by atoms with E-state index in [0.29, 0.717) is 19.7 Å². The molecular weight excluding hydrogens is 354 g/mol. The van der Waals surface area contributed by atoms with Crippen LogP contribution in [0.25, 0.3) is 11.3 Å². The molecule has 0 radical (unpaired) electrons. The summed E-state index contributed by atoms with van der Waals surface area (Å²) in [4.78, 5) is 17.3. The molecule has 0 spiro atoms. The monoisotopic (exact) mass is 383 g/mol. The maximum absolute atomic E-state index is 13.0. The molecule has 1 aromatic carbocycles. The van der Waals surface area contributed by atoms with Crippen molar-refractivity contribution >= 4 is 11.7 Å². The van der Waals surface area contributed by atoms with E-state index >= 15 is 0 Å². The summed E-state index contributed by atoms with van der Waals surface area (Å²) < 4.78 is 11.8. The van der Waals surface area contributed by atoms with Crippen LogP contribution in [0.15, 0.2) is 40.8 Å². The lowest BCUT2D eigenvalue weighted by atomic mass is 10.1. The Hall–Kier alpha value is -2.31. The van der Waals surface area contributed by atoms with Crippen LogP contribution in [0.4, 0.5) is 10.5 Å². The van der Waals surface area contributed by atoms with Crippen LogP contribution in [0.5, 0.6) is 0 Å². The summed E-state index contributed by atoms with van der Waals surface area (Å²) in [5, 5.41) is 3.09. The highest BCUT2D eigenvalue weighted by atomic mass is 16.5. The van der Waals surface area contributed by atoms with Crippen molar-refractivity contribution in [1.29, 1.82) is 0 Å². The molecule has 2 amide bonds. The van der Waals surface area contributed by atoms with Crippen molar-refractivity contribution in [1.82, 2.24) is 9.80 Å². The van der Waals surface area contributed by atoms with Crippen LogP contribution in [0, 0.1) is 6.92 Å². The molecule has 6 nitrogen and oxygen atoms in total. The van der Waals surface area contributed by atoms with Gasteiger partial charge in [-0.25, -0.2) is 4.79 Å². The van der Waals surface area contributed by atoms with E-state index in [2.05, 4.69) is 10.2 Å². The number of anilines is 1. The molecule has 2 fully saturated rings. The van der Waals surface area contributed by atoms with E-state index in [9.17, 15) is 4.79 Å². The first-order valence-electron chi connectivity index (χ1n) is 10.2. The number of hydrogen-bond donors (Lipinski definition) is 1. The van der Waals surface area contributed by atoms with Gasteiger partial charge in [0.2, 0.25) is 0 Å². The smallest absolute Gasteiger partial charge is 0.321 e. The van der Waals surface area contributed by atoms with E-state index in [1.54, 1.807) is 0 Å².